The zero-order chi connectivity index (χ0) is 23.0. The molecule has 4 aromatic rings. The molecule has 9 nitrogen and oxygen atoms in total. The molecule has 0 fully saturated rings. The maximum Gasteiger partial charge on any atom is 0.270 e. The minimum Gasteiger partial charge on any atom is -0.493 e. The first-order valence-electron chi connectivity index (χ1n) is 9.55. The molecular weight excluding hydrogens is 416 g/mol. The van der Waals surface area contributed by atoms with Gasteiger partial charge in [-0.15, -0.1) is 0 Å². The summed E-state index contributed by atoms with van der Waals surface area (Å²) >= 11 is 0. The molecule has 32 heavy (non-hydrogen) atoms. The fourth-order valence-electron chi connectivity index (χ4n) is 3.83. The van der Waals surface area contributed by atoms with Crippen LogP contribution in [0.2, 0.25) is 0 Å². The molecule has 0 saturated heterocycles. The van der Waals surface area contributed by atoms with Crippen molar-refractivity contribution in [1.82, 2.24) is 4.57 Å². The van der Waals surface area contributed by atoms with Crippen molar-refractivity contribution in [1.29, 1.82) is 0 Å². The van der Waals surface area contributed by atoms with Crippen LogP contribution in [0.15, 0.2) is 48.5 Å². The molecule has 0 aliphatic heterocycles. The molecule has 0 aliphatic carbocycles. The summed E-state index contributed by atoms with van der Waals surface area (Å²) < 4.78 is 23.4. The number of fused-ring (bicyclic) bond motifs is 3. The Morgan fingerprint density at radius 2 is 1.53 bits per heavy atom. The molecule has 0 aliphatic rings. The van der Waals surface area contributed by atoms with Gasteiger partial charge in [0.25, 0.3) is 11.6 Å². The Bertz CT molecular complexity index is 1370. The van der Waals surface area contributed by atoms with Crippen molar-refractivity contribution < 1.29 is 28.7 Å². The third kappa shape index (κ3) is 3.15. The number of ether oxygens (including phenoxy) is 4. The zero-order valence-electron chi connectivity index (χ0n) is 17.9. The normalized spacial score (nSPS) is 10.9. The molecule has 0 bridgehead atoms. The molecule has 3 aromatic carbocycles. The van der Waals surface area contributed by atoms with Crippen molar-refractivity contribution in [2.45, 2.75) is 0 Å². The number of nitro groups is 1. The SMILES string of the molecule is COc1cc2c3ccc(OC)c(OC)c3n(C(=O)c3cccc([N+](=O)[O-])c3)c2cc1OC. The van der Waals surface area contributed by atoms with Crippen molar-refractivity contribution in [3.63, 3.8) is 0 Å². The molecule has 4 rings (SSSR count). The van der Waals surface area contributed by atoms with Crippen LogP contribution in [0.3, 0.4) is 0 Å². The second-order valence-electron chi connectivity index (χ2n) is 6.87. The van der Waals surface area contributed by atoms with E-state index in [2.05, 4.69) is 0 Å². The van der Waals surface area contributed by atoms with E-state index in [0.717, 1.165) is 10.8 Å². The predicted octanol–water partition coefficient (Wildman–Crippen LogP) is 4.43. The number of carbonyl (C=O) groups excluding carboxylic acids is 1. The predicted molar refractivity (Wildman–Crippen MR) is 118 cm³/mol. The fraction of sp³-hybridized carbons (Fsp3) is 0.174. The lowest BCUT2D eigenvalue weighted by Crippen LogP contribution is -2.13. The fourth-order valence-corrected chi connectivity index (χ4v) is 3.83. The van der Waals surface area contributed by atoms with E-state index in [9.17, 15) is 14.9 Å². The summed E-state index contributed by atoms with van der Waals surface area (Å²) in [4.78, 5) is 24.4. The quantitative estimate of drug-likeness (QED) is 0.325. The second-order valence-corrected chi connectivity index (χ2v) is 6.87. The lowest BCUT2D eigenvalue weighted by Gasteiger charge is -2.12. The number of carbonyl (C=O) groups is 1. The second kappa shape index (κ2) is 8.10. The van der Waals surface area contributed by atoms with Crippen LogP contribution in [0.25, 0.3) is 21.8 Å². The highest BCUT2D eigenvalue weighted by atomic mass is 16.6. The van der Waals surface area contributed by atoms with Gasteiger partial charge in [0.2, 0.25) is 0 Å². The van der Waals surface area contributed by atoms with Gasteiger partial charge in [0, 0.05) is 34.5 Å². The third-order valence-electron chi connectivity index (χ3n) is 5.28. The molecule has 0 saturated carbocycles. The van der Waals surface area contributed by atoms with E-state index >= 15 is 0 Å². The van der Waals surface area contributed by atoms with Gasteiger partial charge in [-0.25, -0.2) is 0 Å². The average molecular weight is 436 g/mol. The van der Waals surface area contributed by atoms with E-state index in [1.54, 1.807) is 18.2 Å². The summed E-state index contributed by atoms with van der Waals surface area (Å²) in [5, 5.41) is 12.7. The van der Waals surface area contributed by atoms with Gasteiger partial charge in [0.15, 0.2) is 23.0 Å². The Morgan fingerprint density at radius 1 is 0.844 bits per heavy atom. The topological polar surface area (TPSA) is 102 Å². The summed E-state index contributed by atoms with van der Waals surface area (Å²) in [7, 11) is 6.02. The largest absolute Gasteiger partial charge is 0.493 e. The Labute approximate surface area is 182 Å². The molecule has 0 radical (unpaired) electrons. The number of aromatic nitrogens is 1. The maximum absolute atomic E-state index is 13.7. The molecule has 1 heterocycles. The van der Waals surface area contributed by atoms with Crippen molar-refractivity contribution in [2.24, 2.45) is 0 Å². The summed E-state index contributed by atoms with van der Waals surface area (Å²) in [6.45, 7) is 0. The molecule has 1 aromatic heterocycles. The Hall–Kier alpha value is -4.27. The van der Waals surface area contributed by atoms with Crippen LogP contribution < -0.4 is 18.9 Å². The highest BCUT2D eigenvalue weighted by molar-refractivity contribution is 6.19. The molecule has 164 valence electrons. The molecule has 0 amide bonds. The van der Waals surface area contributed by atoms with Gasteiger partial charge < -0.3 is 18.9 Å². The number of benzene rings is 3. The van der Waals surface area contributed by atoms with Crippen LogP contribution >= 0.6 is 0 Å². The maximum atomic E-state index is 13.7. The van der Waals surface area contributed by atoms with Crippen molar-refractivity contribution >= 4 is 33.4 Å². The van der Waals surface area contributed by atoms with Gasteiger partial charge >= 0.3 is 0 Å². The summed E-state index contributed by atoms with van der Waals surface area (Å²) in [6.07, 6.45) is 0. The van der Waals surface area contributed by atoms with E-state index < -0.39 is 10.8 Å². The van der Waals surface area contributed by atoms with Crippen LogP contribution in [0.4, 0.5) is 5.69 Å². The molecular formula is C23H20N2O7. The van der Waals surface area contributed by atoms with Crippen LogP contribution in [0.1, 0.15) is 10.4 Å². The lowest BCUT2D eigenvalue weighted by atomic mass is 10.1. The van der Waals surface area contributed by atoms with Crippen molar-refractivity contribution in [3.05, 3.63) is 64.2 Å². The van der Waals surface area contributed by atoms with Crippen LogP contribution in [0.5, 0.6) is 23.0 Å². The highest BCUT2D eigenvalue weighted by Gasteiger charge is 2.25. The standard InChI is InChI=1S/C23H20N2O7/c1-29-18-9-8-15-16-11-19(30-2)20(31-3)12-17(16)24(21(15)22(18)32-4)23(26)13-6-5-7-14(10-13)25(27)28/h5-12H,1-4H3. The first-order chi connectivity index (χ1) is 15.4. The lowest BCUT2D eigenvalue weighted by molar-refractivity contribution is -0.384. The Balaban J connectivity index is 2.14. The number of rotatable bonds is 6. The van der Waals surface area contributed by atoms with E-state index in [-0.39, 0.29) is 11.3 Å². The molecule has 9 heteroatoms. The highest BCUT2D eigenvalue weighted by Crippen LogP contribution is 2.44. The van der Waals surface area contributed by atoms with E-state index in [4.69, 9.17) is 18.9 Å². The van der Waals surface area contributed by atoms with Crippen LogP contribution in [0, 0.1) is 10.1 Å². The van der Waals surface area contributed by atoms with Gasteiger partial charge in [0.1, 0.15) is 5.52 Å². The van der Waals surface area contributed by atoms with Gasteiger partial charge in [-0.1, -0.05) is 6.07 Å². The van der Waals surface area contributed by atoms with E-state index in [1.165, 1.54) is 57.3 Å². The number of hydrogen-bond donors (Lipinski definition) is 0. The van der Waals surface area contributed by atoms with E-state index in [0.29, 0.717) is 34.0 Å². The van der Waals surface area contributed by atoms with E-state index in [1.807, 2.05) is 6.07 Å². The van der Waals surface area contributed by atoms with Gasteiger partial charge in [-0.3, -0.25) is 19.5 Å². The number of nitrogens with zero attached hydrogens (tertiary/aromatic N) is 2. The van der Waals surface area contributed by atoms with Crippen LogP contribution in [-0.4, -0.2) is 43.8 Å². The number of methoxy groups -OCH3 is 4. The van der Waals surface area contributed by atoms with Crippen LogP contribution in [-0.2, 0) is 0 Å². The zero-order valence-corrected chi connectivity index (χ0v) is 17.9. The third-order valence-corrected chi connectivity index (χ3v) is 5.28. The molecule has 0 unspecified atom stereocenters. The molecule has 0 N–H and O–H groups in total. The smallest absolute Gasteiger partial charge is 0.270 e. The monoisotopic (exact) mass is 436 g/mol. The molecule has 0 atom stereocenters. The van der Waals surface area contributed by atoms with Gasteiger partial charge in [0.05, 0.1) is 38.9 Å². The Kier molecular flexibility index (Phi) is 5.31. The number of non-ortho nitro benzene ring substituents is 1. The summed E-state index contributed by atoms with van der Waals surface area (Å²) in [6, 6.07) is 12.6. The first kappa shape index (κ1) is 21.0. The summed E-state index contributed by atoms with van der Waals surface area (Å²) in [5.74, 6) is 1.26. The minimum absolute atomic E-state index is 0.151. The number of nitro benzene ring substituents is 1. The van der Waals surface area contributed by atoms with Crippen molar-refractivity contribution in [3.8, 4) is 23.0 Å². The number of hydrogen-bond acceptors (Lipinski definition) is 7. The summed E-state index contributed by atoms with van der Waals surface area (Å²) in [5.41, 5.74) is 0.965. The molecule has 0 spiro atoms. The first-order valence-corrected chi connectivity index (χ1v) is 9.55. The van der Waals surface area contributed by atoms with Gasteiger partial charge in [-0.2, -0.15) is 0 Å². The average Bonchev–Trinajstić information content (AvgIpc) is 3.15. The van der Waals surface area contributed by atoms with Crippen molar-refractivity contribution in [2.75, 3.05) is 28.4 Å². The van der Waals surface area contributed by atoms with Gasteiger partial charge in [-0.05, 0) is 24.3 Å². The Morgan fingerprint density at radius 3 is 2.16 bits per heavy atom. The minimum atomic E-state index is -0.542.